The topological polar surface area (TPSA) is 86.5 Å². The molecule has 0 bridgehead atoms. The van der Waals surface area contributed by atoms with Crippen LogP contribution in [0.5, 0.6) is 0 Å². The van der Waals surface area contributed by atoms with E-state index in [1.54, 1.807) is 11.1 Å². The summed E-state index contributed by atoms with van der Waals surface area (Å²) in [5.74, 6) is -0.606. The van der Waals surface area contributed by atoms with Gasteiger partial charge in [0.15, 0.2) is 5.67 Å². The Bertz CT molecular complexity index is 794. The van der Waals surface area contributed by atoms with Crippen molar-refractivity contribution in [2.24, 2.45) is 0 Å². The number of pyridine rings is 1. The fourth-order valence-corrected chi connectivity index (χ4v) is 4.46. The second-order valence-electron chi connectivity index (χ2n) is 9.05. The van der Waals surface area contributed by atoms with Crippen LogP contribution in [0.1, 0.15) is 37.7 Å². The third-order valence-electron chi connectivity index (χ3n) is 6.39. The third kappa shape index (κ3) is 7.68. The summed E-state index contributed by atoms with van der Waals surface area (Å²) in [6.07, 6.45) is 1.84. The number of nitrogens with two attached hydrogens (primary N) is 1. The second-order valence-corrected chi connectivity index (χ2v) is 9.05. The van der Waals surface area contributed by atoms with Gasteiger partial charge in [-0.1, -0.05) is 6.58 Å². The average molecular weight is 469 g/mol. The second kappa shape index (κ2) is 11.8. The molecular formula is C23H35F3N6O. The molecule has 2 saturated heterocycles. The van der Waals surface area contributed by atoms with Crippen LogP contribution in [-0.2, 0) is 11.3 Å². The number of nitrogens with zero attached hydrogens (tertiary/aromatic N) is 3. The number of hydrogen-bond donors (Lipinski definition) is 3. The van der Waals surface area contributed by atoms with Gasteiger partial charge >= 0.3 is 0 Å². The van der Waals surface area contributed by atoms with Crippen molar-refractivity contribution in [1.82, 2.24) is 25.4 Å². The van der Waals surface area contributed by atoms with E-state index in [1.165, 1.54) is 0 Å². The molecule has 10 heteroatoms. The molecule has 4 N–H and O–H groups in total. The highest BCUT2D eigenvalue weighted by Crippen LogP contribution is 2.30. The zero-order chi connectivity index (χ0) is 23.8. The van der Waals surface area contributed by atoms with E-state index in [2.05, 4.69) is 27.1 Å². The van der Waals surface area contributed by atoms with Crippen LogP contribution in [0.4, 0.5) is 19.0 Å². The van der Waals surface area contributed by atoms with Gasteiger partial charge in [-0.2, -0.15) is 0 Å². The molecule has 0 spiro atoms. The minimum Gasteiger partial charge on any atom is -0.384 e. The zero-order valence-electron chi connectivity index (χ0n) is 19.0. The fourth-order valence-electron chi connectivity index (χ4n) is 4.46. The lowest BCUT2D eigenvalue weighted by Gasteiger charge is -2.40. The van der Waals surface area contributed by atoms with Gasteiger partial charge < -0.3 is 21.3 Å². The highest BCUT2D eigenvalue weighted by molar-refractivity contribution is 5.85. The van der Waals surface area contributed by atoms with Crippen molar-refractivity contribution >= 4 is 11.7 Å². The molecule has 1 amide bonds. The molecule has 2 fully saturated rings. The van der Waals surface area contributed by atoms with Crippen LogP contribution < -0.4 is 16.4 Å². The van der Waals surface area contributed by atoms with Crippen LogP contribution in [0.15, 0.2) is 30.7 Å². The molecule has 1 aromatic rings. The van der Waals surface area contributed by atoms with E-state index in [4.69, 9.17) is 5.73 Å². The highest BCUT2D eigenvalue weighted by Gasteiger charge is 2.44. The molecule has 2 aliphatic rings. The molecule has 0 saturated carbocycles. The number of likely N-dealkylation sites (tertiary alicyclic amines) is 2. The molecule has 0 aliphatic carbocycles. The minimum absolute atomic E-state index is 0.0448. The number of nitrogens with one attached hydrogen (secondary N) is 2. The summed E-state index contributed by atoms with van der Waals surface area (Å²) in [5, 5.41) is 6.17. The van der Waals surface area contributed by atoms with Crippen LogP contribution >= 0.6 is 0 Å². The monoisotopic (exact) mass is 468 g/mol. The summed E-state index contributed by atoms with van der Waals surface area (Å²) in [6.45, 7) is 6.18. The standard InChI is InChI=1S/C23H35F3N6O/c1-17(24)12-19(25)14-28-16-30-20-3-8-32(9-4-20)22(33)23(26)5-10-31(11-6-23)15-18-2-7-29-21(27)13-18/h2,7,13,19-20,28,30H,1,3-6,8-12,14-16H2,(H2,27,29). The van der Waals surface area contributed by atoms with E-state index in [9.17, 15) is 13.6 Å². The number of piperidine rings is 2. The van der Waals surface area contributed by atoms with Crippen molar-refractivity contribution in [2.75, 3.05) is 45.1 Å². The Morgan fingerprint density at radius 3 is 2.64 bits per heavy atom. The number of carbonyl (C=O) groups excluding carboxylic acids is 1. The van der Waals surface area contributed by atoms with Crippen molar-refractivity contribution in [1.29, 1.82) is 0 Å². The maximum atomic E-state index is 15.5. The number of halogens is 3. The van der Waals surface area contributed by atoms with E-state index >= 15 is 4.39 Å². The van der Waals surface area contributed by atoms with Gasteiger partial charge in [0, 0.05) is 77.4 Å². The first kappa shape index (κ1) is 25.5. The molecule has 184 valence electrons. The maximum Gasteiger partial charge on any atom is 0.260 e. The Kier molecular flexibility index (Phi) is 9.10. The number of alkyl halides is 2. The van der Waals surface area contributed by atoms with Crippen LogP contribution in [-0.4, -0.2) is 78.0 Å². The number of hydrogen-bond acceptors (Lipinski definition) is 6. The van der Waals surface area contributed by atoms with Crippen molar-refractivity contribution < 1.29 is 18.0 Å². The van der Waals surface area contributed by atoms with Crippen molar-refractivity contribution in [3.63, 3.8) is 0 Å². The molecule has 0 aromatic carbocycles. The summed E-state index contributed by atoms with van der Waals surface area (Å²) in [5.41, 5.74) is 4.94. The molecule has 33 heavy (non-hydrogen) atoms. The Balaban J connectivity index is 1.35. The summed E-state index contributed by atoms with van der Waals surface area (Å²) in [4.78, 5) is 20.7. The van der Waals surface area contributed by atoms with E-state index < -0.39 is 23.6 Å². The van der Waals surface area contributed by atoms with Gasteiger partial charge in [-0.3, -0.25) is 9.69 Å². The number of amides is 1. The largest absolute Gasteiger partial charge is 0.384 e. The van der Waals surface area contributed by atoms with Gasteiger partial charge in [-0.25, -0.2) is 18.2 Å². The third-order valence-corrected chi connectivity index (χ3v) is 6.39. The SMILES string of the molecule is C=C(F)CC(F)CNCNC1CCN(C(=O)C2(F)CCN(Cc3ccnc(N)c3)CC2)CC1. The predicted octanol–water partition coefficient (Wildman–Crippen LogP) is 2.31. The molecule has 2 aliphatic heterocycles. The number of carbonyl (C=O) groups is 1. The number of nitrogen functional groups attached to an aromatic ring is 1. The Morgan fingerprint density at radius 1 is 1.30 bits per heavy atom. The zero-order valence-corrected chi connectivity index (χ0v) is 19.0. The van der Waals surface area contributed by atoms with E-state index in [-0.39, 0.29) is 31.8 Å². The predicted molar refractivity (Wildman–Crippen MR) is 122 cm³/mol. The molecule has 3 rings (SSSR count). The molecular weight excluding hydrogens is 433 g/mol. The van der Waals surface area contributed by atoms with Crippen LogP contribution in [0, 0.1) is 0 Å². The van der Waals surface area contributed by atoms with Gasteiger partial charge in [-0.05, 0) is 30.5 Å². The van der Waals surface area contributed by atoms with Crippen molar-refractivity contribution in [3.05, 3.63) is 36.3 Å². The lowest BCUT2D eigenvalue weighted by molar-refractivity contribution is -0.148. The Morgan fingerprint density at radius 2 is 2.00 bits per heavy atom. The smallest absolute Gasteiger partial charge is 0.260 e. The van der Waals surface area contributed by atoms with Crippen LogP contribution in [0.2, 0.25) is 0 Å². The minimum atomic E-state index is -1.81. The van der Waals surface area contributed by atoms with Crippen LogP contribution in [0.3, 0.4) is 0 Å². The normalized spacial score (nSPS) is 20.5. The number of anilines is 1. The molecule has 7 nitrogen and oxygen atoms in total. The first-order valence-electron chi connectivity index (χ1n) is 11.6. The first-order valence-corrected chi connectivity index (χ1v) is 11.6. The van der Waals surface area contributed by atoms with E-state index in [1.807, 2.05) is 12.1 Å². The first-order chi connectivity index (χ1) is 15.7. The maximum absolute atomic E-state index is 15.5. The average Bonchev–Trinajstić information content (AvgIpc) is 2.78. The number of allylic oxidation sites excluding steroid dienone is 1. The van der Waals surface area contributed by atoms with Gasteiger partial charge in [0.25, 0.3) is 5.91 Å². The molecule has 0 radical (unpaired) electrons. The summed E-state index contributed by atoms with van der Waals surface area (Å²) in [7, 11) is 0. The summed E-state index contributed by atoms with van der Waals surface area (Å²) in [6, 6.07) is 3.87. The number of aromatic nitrogens is 1. The van der Waals surface area contributed by atoms with Gasteiger partial charge in [0.05, 0.1) is 5.83 Å². The molecule has 3 heterocycles. The van der Waals surface area contributed by atoms with Crippen LogP contribution in [0.25, 0.3) is 0 Å². The van der Waals surface area contributed by atoms with Gasteiger partial charge in [-0.15, -0.1) is 0 Å². The summed E-state index contributed by atoms with van der Waals surface area (Å²) >= 11 is 0. The van der Waals surface area contributed by atoms with Gasteiger partial charge in [0.1, 0.15) is 12.0 Å². The van der Waals surface area contributed by atoms with Crippen molar-refractivity contribution in [2.45, 2.75) is 56.5 Å². The quantitative estimate of drug-likeness (QED) is 0.361. The fraction of sp³-hybridized carbons (Fsp3) is 0.652. The summed E-state index contributed by atoms with van der Waals surface area (Å²) < 4.78 is 41.5. The van der Waals surface area contributed by atoms with E-state index in [0.29, 0.717) is 58.1 Å². The Hall–Kier alpha value is -2.17. The molecule has 1 aromatic heterocycles. The molecule has 1 unspecified atom stereocenters. The van der Waals surface area contributed by atoms with Crippen molar-refractivity contribution in [3.8, 4) is 0 Å². The molecule has 1 atom stereocenters. The van der Waals surface area contributed by atoms with E-state index in [0.717, 1.165) is 5.56 Å². The number of rotatable bonds is 10. The lowest BCUT2D eigenvalue weighted by Crippen LogP contribution is -2.55. The lowest BCUT2D eigenvalue weighted by atomic mass is 9.90. The van der Waals surface area contributed by atoms with Gasteiger partial charge in [0.2, 0.25) is 0 Å². The highest BCUT2D eigenvalue weighted by atomic mass is 19.1. The Labute approximate surface area is 193 Å².